The zero-order valence-electron chi connectivity index (χ0n) is 10.7. The second kappa shape index (κ2) is 5.37. The molecule has 0 unspecified atom stereocenters. The summed E-state index contributed by atoms with van der Waals surface area (Å²) in [4.78, 5) is 12.4. The Labute approximate surface area is 124 Å². The molecule has 0 fully saturated rings. The van der Waals surface area contributed by atoms with Gasteiger partial charge in [-0.3, -0.25) is 4.79 Å². The molecule has 0 bridgehead atoms. The van der Waals surface area contributed by atoms with Crippen LogP contribution in [0.1, 0.15) is 27.9 Å². The summed E-state index contributed by atoms with van der Waals surface area (Å²) in [6.07, 6.45) is 1.86. The van der Waals surface area contributed by atoms with E-state index in [1.807, 2.05) is 12.1 Å². The molecule has 0 N–H and O–H groups in total. The van der Waals surface area contributed by atoms with E-state index in [4.69, 9.17) is 4.74 Å². The molecule has 3 rings (SSSR count). The molecule has 2 aromatic rings. The highest BCUT2D eigenvalue weighted by Gasteiger charge is 2.16. The summed E-state index contributed by atoms with van der Waals surface area (Å²) < 4.78 is 19.5. The number of carbonyl (C=O) groups excluding carboxylic acids is 1. The number of ether oxygens (including phenoxy) is 1. The molecule has 0 saturated carbocycles. The summed E-state index contributed by atoms with van der Waals surface area (Å²) in [6.45, 7) is 0.719. The van der Waals surface area contributed by atoms with Gasteiger partial charge < -0.3 is 4.74 Å². The van der Waals surface area contributed by atoms with Crippen molar-refractivity contribution in [2.75, 3.05) is 6.61 Å². The first-order valence-electron chi connectivity index (χ1n) is 6.40. The third kappa shape index (κ3) is 2.61. The Kier molecular flexibility index (Phi) is 3.57. The minimum Gasteiger partial charge on any atom is -0.493 e. The van der Waals surface area contributed by atoms with Gasteiger partial charge in [-0.25, -0.2) is 4.39 Å². The highest BCUT2D eigenvalue weighted by atomic mass is 79.9. The zero-order valence-corrected chi connectivity index (χ0v) is 12.2. The molecular weight excluding hydrogens is 323 g/mol. The van der Waals surface area contributed by atoms with Crippen LogP contribution < -0.4 is 4.74 Å². The lowest BCUT2D eigenvalue weighted by atomic mass is 9.98. The van der Waals surface area contributed by atoms with E-state index in [2.05, 4.69) is 15.9 Å². The highest BCUT2D eigenvalue weighted by Crippen LogP contribution is 2.27. The molecule has 0 amide bonds. The largest absolute Gasteiger partial charge is 0.493 e. The van der Waals surface area contributed by atoms with Crippen molar-refractivity contribution < 1.29 is 13.9 Å². The van der Waals surface area contributed by atoms with Crippen molar-refractivity contribution in [3.05, 3.63) is 63.4 Å². The SMILES string of the molecule is O=C(c1cc(F)cc(Br)c1)c1ccc2c(c1)CCCO2. The van der Waals surface area contributed by atoms with Crippen molar-refractivity contribution in [1.29, 1.82) is 0 Å². The minimum absolute atomic E-state index is 0.182. The third-order valence-electron chi connectivity index (χ3n) is 3.30. The van der Waals surface area contributed by atoms with Crippen molar-refractivity contribution in [2.24, 2.45) is 0 Å². The number of hydrogen-bond acceptors (Lipinski definition) is 2. The van der Waals surface area contributed by atoms with E-state index in [1.165, 1.54) is 12.1 Å². The second-order valence-electron chi connectivity index (χ2n) is 4.76. The van der Waals surface area contributed by atoms with Crippen molar-refractivity contribution in [1.82, 2.24) is 0 Å². The maximum Gasteiger partial charge on any atom is 0.193 e. The molecule has 0 aliphatic carbocycles. The lowest BCUT2D eigenvalue weighted by Gasteiger charge is -2.17. The fraction of sp³-hybridized carbons (Fsp3) is 0.188. The van der Waals surface area contributed by atoms with E-state index in [0.717, 1.165) is 30.8 Å². The van der Waals surface area contributed by atoms with Gasteiger partial charge in [-0.1, -0.05) is 15.9 Å². The minimum atomic E-state index is -0.427. The van der Waals surface area contributed by atoms with E-state index in [1.54, 1.807) is 12.1 Å². The van der Waals surface area contributed by atoms with Gasteiger partial charge in [0.1, 0.15) is 11.6 Å². The molecule has 4 heteroatoms. The number of fused-ring (bicyclic) bond motifs is 1. The first kappa shape index (κ1) is 13.3. The number of hydrogen-bond donors (Lipinski definition) is 0. The quantitative estimate of drug-likeness (QED) is 0.771. The summed E-state index contributed by atoms with van der Waals surface area (Å²) in [5.41, 5.74) is 1.94. The first-order valence-corrected chi connectivity index (χ1v) is 7.19. The second-order valence-corrected chi connectivity index (χ2v) is 5.68. The predicted molar refractivity (Wildman–Crippen MR) is 77.8 cm³/mol. The van der Waals surface area contributed by atoms with Gasteiger partial charge >= 0.3 is 0 Å². The molecule has 1 aliphatic heterocycles. The number of halogens is 2. The van der Waals surface area contributed by atoms with Crippen LogP contribution in [0.15, 0.2) is 40.9 Å². The van der Waals surface area contributed by atoms with Gasteiger partial charge in [0.15, 0.2) is 5.78 Å². The normalized spacial score (nSPS) is 13.5. The van der Waals surface area contributed by atoms with Crippen LogP contribution in [0, 0.1) is 5.82 Å². The fourth-order valence-electron chi connectivity index (χ4n) is 2.35. The van der Waals surface area contributed by atoms with Crippen LogP contribution in [-0.4, -0.2) is 12.4 Å². The lowest BCUT2D eigenvalue weighted by molar-refractivity contribution is 0.103. The van der Waals surface area contributed by atoms with Gasteiger partial charge in [-0.15, -0.1) is 0 Å². The summed E-state index contributed by atoms with van der Waals surface area (Å²) >= 11 is 3.20. The topological polar surface area (TPSA) is 26.3 Å². The van der Waals surface area contributed by atoms with E-state index in [-0.39, 0.29) is 5.78 Å². The number of rotatable bonds is 2. The zero-order chi connectivity index (χ0) is 14.1. The van der Waals surface area contributed by atoms with Crippen molar-refractivity contribution in [3.8, 4) is 5.75 Å². The highest BCUT2D eigenvalue weighted by molar-refractivity contribution is 9.10. The summed E-state index contributed by atoms with van der Waals surface area (Å²) in [5, 5.41) is 0. The van der Waals surface area contributed by atoms with E-state index >= 15 is 0 Å². The molecule has 0 spiro atoms. The van der Waals surface area contributed by atoms with Crippen molar-refractivity contribution in [2.45, 2.75) is 12.8 Å². The van der Waals surface area contributed by atoms with Crippen LogP contribution in [-0.2, 0) is 6.42 Å². The van der Waals surface area contributed by atoms with Gasteiger partial charge in [0.25, 0.3) is 0 Å². The van der Waals surface area contributed by atoms with Crippen LogP contribution >= 0.6 is 15.9 Å². The first-order chi connectivity index (χ1) is 9.63. The van der Waals surface area contributed by atoms with Crippen LogP contribution in [0.5, 0.6) is 5.75 Å². The van der Waals surface area contributed by atoms with Gasteiger partial charge in [-0.2, -0.15) is 0 Å². The van der Waals surface area contributed by atoms with Gasteiger partial charge in [0.05, 0.1) is 6.61 Å². The monoisotopic (exact) mass is 334 g/mol. The Morgan fingerprint density at radius 3 is 2.80 bits per heavy atom. The maximum atomic E-state index is 13.4. The molecule has 0 aromatic heterocycles. The standard InChI is InChI=1S/C16H12BrFO2/c17-13-7-12(8-14(18)9-13)16(19)11-3-4-15-10(6-11)2-1-5-20-15/h3-4,6-9H,1-2,5H2. The molecule has 1 aliphatic rings. The number of carbonyl (C=O) groups is 1. The fourth-order valence-corrected chi connectivity index (χ4v) is 2.82. The molecule has 20 heavy (non-hydrogen) atoms. The number of aryl methyl sites for hydroxylation is 1. The maximum absolute atomic E-state index is 13.4. The van der Waals surface area contributed by atoms with E-state index in [9.17, 15) is 9.18 Å². The smallest absolute Gasteiger partial charge is 0.193 e. The Morgan fingerprint density at radius 2 is 2.00 bits per heavy atom. The number of ketones is 1. The molecular formula is C16H12BrFO2. The van der Waals surface area contributed by atoms with Gasteiger partial charge in [-0.05, 0) is 54.8 Å². The Hall–Kier alpha value is -1.68. The molecule has 102 valence electrons. The lowest BCUT2D eigenvalue weighted by Crippen LogP contribution is -2.10. The molecule has 0 saturated heterocycles. The molecule has 0 atom stereocenters. The Balaban J connectivity index is 1.97. The molecule has 2 nitrogen and oxygen atoms in total. The van der Waals surface area contributed by atoms with E-state index in [0.29, 0.717) is 15.6 Å². The van der Waals surface area contributed by atoms with Crippen molar-refractivity contribution in [3.63, 3.8) is 0 Å². The third-order valence-corrected chi connectivity index (χ3v) is 3.75. The van der Waals surface area contributed by atoms with Gasteiger partial charge in [0.2, 0.25) is 0 Å². The summed E-state index contributed by atoms with van der Waals surface area (Å²) in [6, 6.07) is 9.60. The molecule has 0 radical (unpaired) electrons. The van der Waals surface area contributed by atoms with E-state index < -0.39 is 5.82 Å². The van der Waals surface area contributed by atoms with Gasteiger partial charge in [0, 0.05) is 15.6 Å². The Morgan fingerprint density at radius 1 is 1.15 bits per heavy atom. The number of benzene rings is 2. The predicted octanol–water partition coefficient (Wildman–Crippen LogP) is 4.14. The summed E-state index contributed by atoms with van der Waals surface area (Å²) in [7, 11) is 0. The van der Waals surface area contributed by atoms with Crippen molar-refractivity contribution >= 4 is 21.7 Å². The molecule has 1 heterocycles. The average molecular weight is 335 g/mol. The van der Waals surface area contributed by atoms with Crippen LogP contribution in [0.25, 0.3) is 0 Å². The average Bonchev–Trinajstić information content (AvgIpc) is 2.45. The summed E-state index contributed by atoms with van der Waals surface area (Å²) in [5.74, 6) is 0.232. The van der Waals surface area contributed by atoms with Crippen LogP contribution in [0.2, 0.25) is 0 Å². The Bertz CT molecular complexity index is 662. The van der Waals surface area contributed by atoms with Crippen LogP contribution in [0.4, 0.5) is 4.39 Å². The van der Waals surface area contributed by atoms with Crippen LogP contribution in [0.3, 0.4) is 0 Å². The molecule has 2 aromatic carbocycles.